The monoisotopic (exact) mass is 217 g/mol. The lowest BCUT2D eigenvalue weighted by atomic mass is 10.1. The van der Waals surface area contributed by atoms with E-state index in [1.165, 1.54) is 21.7 Å². The van der Waals surface area contributed by atoms with Crippen LogP contribution in [0, 0.1) is 5.92 Å². The molecule has 0 unspecified atom stereocenters. The van der Waals surface area contributed by atoms with Crippen molar-refractivity contribution in [1.82, 2.24) is 4.98 Å². The third-order valence-corrected chi connectivity index (χ3v) is 3.37. The summed E-state index contributed by atoms with van der Waals surface area (Å²) in [6.07, 6.45) is 4.90. The van der Waals surface area contributed by atoms with Crippen molar-refractivity contribution in [2.45, 2.75) is 20.3 Å². The van der Waals surface area contributed by atoms with Crippen LogP contribution in [0.5, 0.6) is 0 Å². The Labute approximate surface area is 94.8 Å². The standard InChI is InChI=1S/C13H15NS/c1-10(2)8-12-5-6-13(15-12)11-4-3-7-14-9-11/h3-7,9-10H,8H2,1-2H3. The first kappa shape index (κ1) is 10.4. The number of nitrogens with zero attached hydrogens (tertiary/aromatic N) is 1. The molecule has 2 heteroatoms. The summed E-state index contributed by atoms with van der Waals surface area (Å²) in [7, 11) is 0. The predicted octanol–water partition coefficient (Wildman–Crippen LogP) is 4.01. The first-order valence-corrected chi connectivity index (χ1v) is 6.06. The third kappa shape index (κ3) is 2.66. The Balaban J connectivity index is 2.21. The first-order valence-electron chi connectivity index (χ1n) is 5.25. The predicted molar refractivity (Wildman–Crippen MR) is 66.1 cm³/mol. The van der Waals surface area contributed by atoms with Crippen LogP contribution in [0.2, 0.25) is 0 Å². The van der Waals surface area contributed by atoms with Crippen LogP contribution in [0.3, 0.4) is 0 Å². The van der Waals surface area contributed by atoms with Gasteiger partial charge in [-0.05, 0) is 30.5 Å². The van der Waals surface area contributed by atoms with Gasteiger partial charge in [-0.3, -0.25) is 4.98 Å². The fraction of sp³-hybridized carbons (Fsp3) is 0.308. The Morgan fingerprint density at radius 2 is 2.13 bits per heavy atom. The van der Waals surface area contributed by atoms with Gasteiger partial charge in [-0.2, -0.15) is 0 Å². The average molecular weight is 217 g/mol. The molecule has 0 fully saturated rings. The van der Waals surface area contributed by atoms with Crippen molar-refractivity contribution in [3.05, 3.63) is 41.5 Å². The Hall–Kier alpha value is -1.15. The zero-order chi connectivity index (χ0) is 10.7. The smallest absolute Gasteiger partial charge is 0.0361 e. The van der Waals surface area contributed by atoms with Crippen LogP contribution in [-0.2, 0) is 6.42 Å². The fourth-order valence-corrected chi connectivity index (χ4v) is 2.76. The maximum Gasteiger partial charge on any atom is 0.0361 e. The molecular formula is C13H15NS. The highest BCUT2D eigenvalue weighted by Crippen LogP contribution is 2.28. The van der Waals surface area contributed by atoms with Gasteiger partial charge in [0, 0.05) is 27.7 Å². The lowest BCUT2D eigenvalue weighted by Gasteiger charge is -1.99. The van der Waals surface area contributed by atoms with Gasteiger partial charge in [0.05, 0.1) is 0 Å². The lowest BCUT2D eigenvalue weighted by Crippen LogP contribution is -1.89. The summed E-state index contributed by atoms with van der Waals surface area (Å²) in [6, 6.07) is 8.52. The number of aromatic nitrogens is 1. The second-order valence-electron chi connectivity index (χ2n) is 4.11. The van der Waals surface area contributed by atoms with Gasteiger partial charge in [0.15, 0.2) is 0 Å². The Bertz CT molecular complexity index is 417. The number of thiophene rings is 1. The second-order valence-corrected chi connectivity index (χ2v) is 5.27. The molecule has 15 heavy (non-hydrogen) atoms. The highest BCUT2D eigenvalue weighted by Gasteiger charge is 2.04. The molecule has 0 spiro atoms. The summed E-state index contributed by atoms with van der Waals surface area (Å²) < 4.78 is 0. The normalized spacial score (nSPS) is 10.9. The van der Waals surface area contributed by atoms with Gasteiger partial charge in [-0.25, -0.2) is 0 Å². The summed E-state index contributed by atoms with van der Waals surface area (Å²) in [5.74, 6) is 0.727. The van der Waals surface area contributed by atoms with Crippen molar-refractivity contribution in [3.63, 3.8) is 0 Å². The molecule has 2 heterocycles. The quantitative estimate of drug-likeness (QED) is 0.757. The minimum Gasteiger partial charge on any atom is -0.264 e. The summed E-state index contributed by atoms with van der Waals surface area (Å²) in [4.78, 5) is 6.92. The molecule has 1 nitrogen and oxygen atoms in total. The largest absolute Gasteiger partial charge is 0.264 e. The van der Waals surface area contributed by atoms with E-state index >= 15 is 0 Å². The molecule has 0 amide bonds. The highest BCUT2D eigenvalue weighted by molar-refractivity contribution is 7.15. The van der Waals surface area contributed by atoms with Crippen LogP contribution in [0.1, 0.15) is 18.7 Å². The topological polar surface area (TPSA) is 12.9 Å². The molecule has 2 rings (SSSR count). The second kappa shape index (κ2) is 4.58. The zero-order valence-electron chi connectivity index (χ0n) is 9.10. The Morgan fingerprint density at radius 3 is 2.80 bits per heavy atom. The van der Waals surface area contributed by atoms with Crippen LogP contribution in [0.25, 0.3) is 10.4 Å². The van der Waals surface area contributed by atoms with Gasteiger partial charge in [0.2, 0.25) is 0 Å². The molecule has 2 aromatic heterocycles. The van der Waals surface area contributed by atoms with Gasteiger partial charge in [-0.15, -0.1) is 11.3 Å². The van der Waals surface area contributed by atoms with Crippen LogP contribution in [0.15, 0.2) is 36.7 Å². The number of hydrogen-bond acceptors (Lipinski definition) is 2. The van der Waals surface area contributed by atoms with E-state index in [0.29, 0.717) is 0 Å². The number of pyridine rings is 1. The summed E-state index contributed by atoms with van der Waals surface area (Å²) >= 11 is 1.87. The van der Waals surface area contributed by atoms with Crippen molar-refractivity contribution in [2.75, 3.05) is 0 Å². The molecule has 2 aromatic rings. The van der Waals surface area contributed by atoms with Crippen LogP contribution in [0.4, 0.5) is 0 Å². The van der Waals surface area contributed by atoms with Crippen molar-refractivity contribution >= 4 is 11.3 Å². The fourth-order valence-electron chi connectivity index (χ4n) is 1.55. The highest BCUT2D eigenvalue weighted by atomic mass is 32.1. The summed E-state index contributed by atoms with van der Waals surface area (Å²) in [5, 5.41) is 0. The van der Waals surface area contributed by atoms with E-state index < -0.39 is 0 Å². The van der Waals surface area contributed by atoms with Crippen molar-refractivity contribution in [2.24, 2.45) is 5.92 Å². The van der Waals surface area contributed by atoms with E-state index in [2.05, 4.69) is 37.0 Å². The van der Waals surface area contributed by atoms with Crippen LogP contribution in [-0.4, -0.2) is 4.98 Å². The molecule has 0 aliphatic carbocycles. The molecule has 0 bridgehead atoms. The molecule has 0 saturated heterocycles. The molecule has 0 aromatic carbocycles. The SMILES string of the molecule is CC(C)Cc1ccc(-c2cccnc2)s1. The van der Waals surface area contributed by atoms with Gasteiger partial charge in [-0.1, -0.05) is 19.9 Å². The molecule has 0 saturated carbocycles. The van der Waals surface area contributed by atoms with Gasteiger partial charge < -0.3 is 0 Å². The minimum atomic E-state index is 0.727. The zero-order valence-corrected chi connectivity index (χ0v) is 9.92. The maximum atomic E-state index is 4.14. The average Bonchev–Trinajstić information content (AvgIpc) is 2.67. The Kier molecular flexibility index (Phi) is 3.17. The molecule has 0 atom stereocenters. The third-order valence-electron chi connectivity index (χ3n) is 2.22. The maximum absolute atomic E-state index is 4.14. The molecular weight excluding hydrogens is 202 g/mol. The van der Waals surface area contributed by atoms with Gasteiger partial charge in [0.25, 0.3) is 0 Å². The molecule has 0 aliphatic rings. The van der Waals surface area contributed by atoms with Crippen molar-refractivity contribution < 1.29 is 0 Å². The lowest BCUT2D eigenvalue weighted by molar-refractivity contribution is 0.654. The molecule has 0 N–H and O–H groups in total. The van der Waals surface area contributed by atoms with E-state index in [0.717, 1.165) is 5.92 Å². The van der Waals surface area contributed by atoms with Crippen LogP contribution < -0.4 is 0 Å². The number of rotatable bonds is 3. The molecule has 0 radical (unpaired) electrons. The summed E-state index contributed by atoms with van der Waals surface area (Å²) in [6.45, 7) is 4.51. The van der Waals surface area contributed by atoms with Crippen molar-refractivity contribution in [3.8, 4) is 10.4 Å². The number of hydrogen-bond donors (Lipinski definition) is 0. The minimum absolute atomic E-state index is 0.727. The summed E-state index contributed by atoms with van der Waals surface area (Å²) in [5.41, 5.74) is 1.22. The van der Waals surface area contributed by atoms with Crippen LogP contribution >= 0.6 is 11.3 Å². The van der Waals surface area contributed by atoms with Gasteiger partial charge in [0.1, 0.15) is 0 Å². The molecule has 78 valence electrons. The Morgan fingerprint density at radius 1 is 1.27 bits per heavy atom. The van der Waals surface area contributed by atoms with E-state index in [-0.39, 0.29) is 0 Å². The van der Waals surface area contributed by atoms with E-state index in [1.54, 1.807) is 0 Å². The first-order chi connectivity index (χ1) is 7.25. The molecule has 0 aliphatic heterocycles. The van der Waals surface area contributed by atoms with E-state index in [9.17, 15) is 0 Å². The van der Waals surface area contributed by atoms with Crippen molar-refractivity contribution in [1.29, 1.82) is 0 Å². The van der Waals surface area contributed by atoms with E-state index in [4.69, 9.17) is 0 Å². The van der Waals surface area contributed by atoms with Gasteiger partial charge >= 0.3 is 0 Å². The van der Waals surface area contributed by atoms with E-state index in [1.807, 2.05) is 29.8 Å².